The Hall–Kier alpha value is -1.02. The van der Waals surface area contributed by atoms with E-state index in [0.717, 1.165) is 0 Å². The average Bonchev–Trinajstić information content (AvgIpc) is 2.10. The fourth-order valence-electron chi connectivity index (χ4n) is 1.51. The molecule has 0 fully saturated rings. The third-order valence-electron chi connectivity index (χ3n) is 2.35. The Labute approximate surface area is 79.5 Å². The highest BCUT2D eigenvalue weighted by Crippen LogP contribution is 2.24. The lowest BCUT2D eigenvalue weighted by molar-refractivity contribution is 0.474. The van der Waals surface area contributed by atoms with Crippen molar-refractivity contribution in [1.82, 2.24) is 0 Å². The SMILES string of the molecule is CCC(CC)c1ccc(O)cc1.O. The first-order valence-electron chi connectivity index (χ1n) is 4.56. The number of aromatic hydroxyl groups is 1. The minimum absolute atomic E-state index is 0. The highest BCUT2D eigenvalue weighted by atomic mass is 16.3. The first-order chi connectivity index (χ1) is 5.77. The van der Waals surface area contributed by atoms with Crippen molar-refractivity contribution < 1.29 is 10.6 Å². The van der Waals surface area contributed by atoms with E-state index in [1.165, 1.54) is 18.4 Å². The van der Waals surface area contributed by atoms with Gasteiger partial charge in [0, 0.05) is 0 Å². The van der Waals surface area contributed by atoms with Gasteiger partial charge in [0.15, 0.2) is 0 Å². The second kappa shape index (κ2) is 5.60. The van der Waals surface area contributed by atoms with Crippen molar-refractivity contribution in [2.75, 3.05) is 0 Å². The number of rotatable bonds is 3. The van der Waals surface area contributed by atoms with Gasteiger partial charge in [0.25, 0.3) is 0 Å². The van der Waals surface area contributed by atoms with E-state index in [1.807, 2.05) is 12.1 Å². The van der Waals surface area contributed by atoms with Gasteiger partial charge in [0.05, 0.1) is 0 Å². The molecule has 0 aromatic heterocycles. The second-order valence-electron chi connectivity index (χ2n) is 3.10. The van der Waals surface area contributed by atoms with Crippen molar-refractivity contribution in [2.45, 2.75) is 32.6 Å². The summed E-state index contributed by atoms with van der Waals surface area (Å²) < 4.78 is 0. The van der Waals surface area contributed by atoms with Gasteiger partial charge in [-0.2, -0.15) is 0 Å². The van der Waals surface area contributed by atoms with Crippen LogP contribution in [-0.2, 0) is 0 Å². The summed E-state index contributed by atoms with van der Waals surface area (Å²) in [7, 11) is 0. The molecule has 3 N–H and O–H groups in total. The third-order valence-corrected chi connectivity index (χ3v) is 2.35. The molecule has 0 saturated carbocycles. The van der Waals surface area contributed by atoms with E-state index in [9.17, 15) is 0 Å². The summed E-state index contributed by atoms with van der Waals surface area (Å²) in [5.41, 5.74) is 1.33. The van der Waals surface area contributed by atoms with E-state index in [-0.39, 0.29) is 5.48 Å². The maximum atomic E-state index is 9.08. The molecule has 0 amide bonds. The molecule has 0 aliphatic heterocycles. The zero-order chi connectivity index (χ0) is 8.97. The van der Waals surface area contributed by atoms with Crippen molar-refractivity contribution in [2.24, 2.45) is 0 Å². The number of hydrogen-bond acceptors (Lipinski definition) is 1. The molecular weight excluding hydrogens is 164 g/mol. The quantitative estimate of drug-likeness (QED) is 0.767. The minimum atomic E-state index is 0. The lowest BCUT2D eigenvalue weighted by atomic mass is 9.94. The van der Waals surface area contributed by atoms with Crippen LogP contribution < -0.4 is 0 Å². The Morgan fingerprint density at radius 1 is 1.08 bits per heavy atom. The molecule has 1 aromatic carbocycles. The molecule has 0 aliphatic rings. The molecular formula is C11H18O2. The van der Waals surface area contributed by atoms with Crippen LogP contribution in [0.25, 0.3) is 0 Å². The first-order valence-corrected chi connectivity index (χ1v) is 4.56. The van der Waals surface area contributed by atoms with Gasteiger partial charge < -0.3 is 10.6 Å². The van der Waals surface area contributed by atoms with E-state index in [4.69, 9.17) is 5.11 Å². The van der Waals surface area contributed by atoms with Crippen molar-refractivity contribution in [1.29, 1.82) is 0 Å². The van der Waals surface area contributed by atoms with Gasteiger partial charge in [0.2, 0.25) is 0 Å². The largest absolute Gasteiger partial charge is 0.508 e. The molecule has 1 rings (SSSR count). The Bertz CT molecular complexity index is 224. The van der Waals surface area contributed by atoms with Gasteiger partial charge in [-0.1, -0.05) is 26.0 Å². The van der Waals surface area contributed by atoms with Crippen LogP contribution in [0.1, 0.15) is 38.2 Å². The number of phenolic OH excluding ortho intramolecular Hbond substituents is 1. The molecule has 0 heterocycles. The van der Waals surface area contributed by atoms with Crippen LogP contribution in [-0.4, -0.2) is 10.6 Å². The zero-order valence-corrected chi connectivity index (χ0v) is 8.25. The fraction of sp³-hybridized carbons (Fsp3) is 0.455. The van der Waals surface area contributed by atoms with Crippen molar-refractivity contribution in [3.63, 3.8) is 0 Å². The van der Waals surface area contributed by atoms with E-state index in [1.54, 1.807) is 12.1 Å². The Kier molecular flexibility index (Phi) is 5.16. The molecule has 0 atom stereocenters. The van der Waals surface area contributed by atoms with E-state index >= 15 is 0 Å². The topological polar surface area (TPSA) is 51.7 Å². The Morgan fingerprint density at radius 3 is 1.92 bits per heavy atom. The van der Waals surface area contributed by atoms with Gasteiger partial charge in [-0.25, -0.2) is 0 Å². The monoisotopic (exact) mass is 182 g/mol. The summed E-state index contributed by atoms with van der Waals surface area (Å²) in [4.78, 5) is 0. The predicted molar refractivity (Wildman–Crippen MR) is 55.0 cm³/mol. The predicted octanol–water partition coefficient (Wildman–Crippen LogP) is 2.47. The van der Waals surface area contributed by atoms with E-state index in [0.29, 0.717) is 11.7 Å². The average molecular weight is 182 g/mol. The molecule has 0 saturated heterocycles. The molecule has 0 radical (unpaired) electrons. The van der Waals surface area contributed by atoms with Crippen LogP contribution in [0.5, 0.6) is 5.75 Å². The fourth-order valence-corrected chi connectivity index (χ4v) is 1.51. The zero-order valence-electron chi connectivity index (χ0n) is 8.25. The van der Waals surface area contributed by atoms with Gasteiger partial charge in [-0.15, -0.1) is 0 Å². The van der Waals surface area contributed by atoms with Crippen LogP contribution in [0.2, 0.25) is 0 Å². The minimum Gasteiger partial charge on any atom is -0.508 e. The highest BCUT2D eigenvalue weighted by Gasteiger charge is 2.05. The number of hydrogen-bond donors (Lipinski definition) is 1. The maximum Gasteiger partial charge on any atom is 0.115 e. The molecule has 1 aromatic rings. The van der Waals surface area contributed by atoms with Crippen molar-refractivity contribution >= 4 is 0 Å². The molecule has 0 unspecified atom stereocenters. The number of benzene rings is 1. The summed E-state index contributed by atoms with van der Waals surface area (Å²) in [6.07, 6.45) is 2.34. The molecule has 74 valence electrons. The standard InChI is InChI=1S/C11H16O.H2O/c1-3-9(4-2)10-5-7-11(12)8-6-10;/h5-9,12H,3-4H2,1-2H3;1H2. The Balaban J connectivity index is 0.00000144. The molecule has 13 heavy (non-hydrogen) atoms. The summed E-state index contributed by atoms with van der Waals surface area (Å²) in [5.74, 6) is 0.996. The van der Waals surface area contributed by atoms with Gasteiger partial charge in [0.1, 0.15) is 5.75 Å². The van der Waals surface area contributed by atoms with Gasteiger partial charge in [-0.3, -0.25) is 0 Å². The highest BCUT2D eigenvalue weighted by molar-refractivity contribution is 5.28. The smallest absolute Gasteiger partial charge is 0.115 e. The third kappa shape index (κ3) is 3.07. The summed E-state index contributed by atoms with van der Waals surface area (Å²) >= 11 is 0. The van der Waals surface area contributed by atoms with Gasteiger partial charge in [-0.05, 0) is 36.5 Å². The number of phenols is 1. The summed E-state index contributed by atoms with van der Waals surface area (Å²) in [6.45, 7) is 4.39. The van der Waals surface area contributed by atoms with E-state index < -0.39 is 0 Å². The van der Waals surface area contributed by atoms with Crippen molar-refractivity contribution in [3.8, 4) is 5.75 Å². The van der Waals surface area contributed by atoms with Crippen LogP contribution in [0.15, 0.2) is 24.3 Å². The van der Waals surface area contributed by atoms with Crippen LogP contribution in [0, 0.1) is 0 Å². The van der Waals surface area contributed by atoms with Crippen LogP contribution >= 0.6 is 0 Å². The summed E-state index contributed by atoms with van der Waals surface area (Å²) in [5, 5.41) is 9.08. The first kappa shape index (κ1) is 12.0. The van der Waals surface area contributed by atoms with Crippen molar-refractivity contribution in [3.05, 3.63) is 29.8 Å². The molecule has 0 bridgehead atoms. The normalized spacial score (nSPS) is 9.77. The van der Waals surface area contributed by atoms with Crippen LogP contribution in [0.3, 0.4) is 0 Å². The maximum absolute atomic E-state index is 9.08. The molecule has 0 spiro atoms. The summed E-state index contributed by atoms with van der Waals surface area (Å²) in [6, 6.07) is 7.53. The lowest BCUT2D eigenvalue weighted by Crippen LogP contribution is -1.93. The van der Waals surface area contributed by atoms with E-state index in [2.05, 4.69) is 13.8 Å². The molecule has 0 aliphatic carbocycles. The second-order valence-corrected chi connectivity index (χ2v) is 3.10. The lowest BCUT2D eigenvalue weighted by Gasteiger charge is -2.11. The van der Waals surface area contributed by atoms with Gasteiger partial charge >= 0.3 is 0 Å². The van der Waals surface area contributed by atoms with Crippen LogP contribution in [0.4, 0.5) is 0 Å². The molecule has 2 nitrogen and oxygen atoms in total. The molecule has 2 heteroatoms. The Morgan fingerprint density at radius 2 is 1.54 bits per heavy atom.